The summed E-state index contributed by atoms with van der Waals surface area (Å²) in [5, 5.41) is 4.49. The van der Waals surface area contributed by atoms with Crippen molar-refractivity contribution < 1.29 is 23.9 Å². The van der Waals surface area contributed by atoms with E-state index in [1.165, 1.54) is 11.8 Å². The van der Waals surface area contributed by atoms with Crippen LogP contribution in [0.5, 0.6) is 0 Å². The highest BCUT2D eigenvalue weighted by molar-refractivity contribution is 6.00. The van der Waals surface area contributed by atoms with Gasteiger partial charge < -0.3 is 15.0 Å². The summed E-state index contributed by atoms with van der Waals surface area (Å²) in [5.74, 6) is -2.17. The molecule has 0 radical (unpaired) electrons. The first-order chi connectivity index (χ1) is 12.3. The number of ether oxygens (including phenoxy) is 1. The number of nitrogens with one attached hydrogen (secondary N) is 2. The molecule has 1 fully saturated rings. The van der Waals surface area contributed by atoms with Gasteiger partial charge >= 0.3 is 12.0 Å². The average Bonchev–Trinajstić information content (AvgIpc) is 2.97. The highest BCUT2D eigenvalue weighted by atomic mass is 16.5. The van der Waals surface area contributed by atoms with Crippen LogP contribution in [-0.2, 0) is 19.1 Å². The predicted molar refractivity (Wildman–Crippen MR) is 94.4 cm³/mol. The van der Waals surface area contributed by atoms with Gasteiger partial charge in [-0.3, -0.25) is 19.7 Å². The number of benzene rings is 1. The van der Waals surface area contributed by atoms with Crippen LogP contribution in [0.2, 0.25) is 0 Å². The lowest BCUT2D eigenvalue weighted by Gasteiger charge is -2.18. The van der Waals surface area contributed by atoms with Crippen LogP contribution >= 0.6 is 0 Å². The molecule has 2 rings (SSSR count). The third kappa shape index (κ3) is 4.81. The van der Waals surface area contributed by atoms with Gasteiger partial charge in [-0.05, 0) is 32.9 Å². The van der Waals surface area contributed by atoms with E-state index in [1.807, 2.05) is 31.2 Å². The molecule has 4 amide bonds. The molecular formula is C18H23N3O5. The molecule has 8 nitrogen and oxygen atoms in total. The van der Waals surface area contributed by atoms with Crippen molar-refractivity contribution in [3.63, 3.8) is 0 Å². The number of imide groups is 1. The second-order valence-corrected chi connectivity index (χ2v) is 6.17. The van der Waals surface area contributed by atoms with Crippen LogP contribution in [0.25, 0.3) is 0 Å². The minimum Gasteiger partial charge on any atom is -0.452 e. The highest BCUT2D eigenvalue weighted by Crippen LogP contribution is 2.26. The molecule has 8 heteroatoms. The van der Waals surface area contributed by atoms with E-state index in [-0.39, 0.29) is 18.9 Å². The van der Waals surface area contributed by atoms with Crippen LogP contribution in [0, 0.1) is 12.8 Å². The standard InChI is InChI=1S/C18H23N3O5/c1-4-19-18(25)20-16(23)12(3)26-17(24)13-9-15(22)21(10-13)14-7-5-11(2)6-8-14/h5-8,12-13H,4,9-10H2,1-3H3,(H2,19,20,23,25)/t12-,13+/m0/s1. The zero-order valence-electron chi connectivity index (χ0n) is 15.1. The lowest BCUT2D eigenvalue weighted by Crippen LogP contribution is -2.45. The maximum absolute atomic E-state index is 12.3. The number of hydrogen-bond acceptors (Lipinski definition) is 5. The molecule has 0 bridgehead atoms. The van der Waals surface area contributed by atoms with Crippen molar-refractivity contribution in [3.8, 4) is 0 Å². The summed E-state index contributed by atoms with van der Waals surface area (Å²) in [6.45, 7) is 5.60. The maximum atomic E-state index is 12.3. The number of carbonyl (C=O) groups is 4. The Labute approximate surface area is 151 Å². The summed E-state index contributed by atoms with van der Waals surface area (Å²) in [4.78, 5) is 49.2. The molecule has 1 aromatic carbocycles. The summed E-state index contributed by atoms with van der Waals surface area (Å²) < 4.78 is 5.12. The van der Waals surface area contributed by atoms with E-state index in [2.05, 4.69) is 10.6 Å². The third-order valence-corrected chi connectivity index (χ3v) is 4.04. The molecule has 26 heavy (non-hydrogen) atoms. The molecule has 140 valence electrons. The number of rotatable bonds is 5. The summed E-state index contributed by atoms with van der Waals surface area (Å²) in [6.07, 6.45) is -1.11. The molecule has 0 spiro atoms. The monoisotopic (exact) mass is 361 g/mol. The van der Waals surface area contributed by atoms with Crippen molar-refractivity contribution in [1.29, 1.82) is 0 Å². The number of esters is 1. The number of carbonyl (C=O) groups excluding carboxylic acids is 4. The van der Waals surface area contributed by atoms with E-state index in [4.69, 9.17) is 4.74 Å². The Morgan fingerprint density at radius 2 is 1.92 bits per heavy atom. The predicted octanol–water partition coefficient (Wildman–Crippen LogP) is 1.13. The summed E-state index contributed by atoms with van der Waals surface area (Å²) >= 11 is 0. The maximum Gasteiger partial charge on any atom is 0.321 e. The van der Waals surface area contributed by atoms with Crippen LogP contribution in [0.3, 0.4) is 0 Å². The number of amides is 4. The van der Waals surface area contributed by atoms with Gasteiger partial charge in [0.2, 0.25) is 5.91 Å². The Morgan fingerprint density at radius 1 is 1.27 bits per heavy atom. The van der Waals surface area contributed by atoms with E-state index >= 15 is 0 Å². The van der Waals surface area contributed by atoms with Crippen molar-refractivity contribution >= 4 is 29.5 Å². The lowest BCUT2D eigenvalue weighted by molar-refractivity contribution is -0.158. The molecule has 1 aromatic rings. The van der Waals surface area contributed by atoms with Crippen molar-refractivity contribution in [1.82, 2.24) is 10.6 Å². The van der Waals surface area contributed by atoms with Gasteiger partial charge in [0, 0.05) is 25.2 Å². The molecule has 2 atom stereocenters. The molecule has 0 aliphatic carbocycles. The molecule has 1 aliphatic rings. The molecule has 1 saturated heterocycles. The Balaban J connectivity index is 1.92. The minimum absolute atomic E-state index is 0.0252. The largest absolute Gasteiger partial charge is 0.452 e. The molecule has 1 aliphatic heterocycles. The van der Waals surface area contributed by atoms with Crippen molar-refractivity contribution in [2.24, 2.45) is 5.92 Å². The van der Waals surface area contributed by atoms with E-state index < -0.39 is 29.9 Å². The lowest BCUT2D eigenvalue weighted by atomic mass is 10.1. The van der Waals surface area contributed by atoms with E-state index in [0.29, 0.717) is 6.54 Å². The molecule has 0 unspecified atom stereocenters. The highest BCUT2D eigenvalue weighted by Gasteiger charge is 2.37. The zero-order chi connectivity index (χ0) is 19.3. The molecule has 0 saturated carbocycles. The Hall–Kier alpha value is -2.90. The van der Waals surface area contributed by atoms with Gasteiger partial charge in [-0.1, -0.05) is 17.7 Å². The van der Waals surface area contributed by atoms with Crippen molar-refractivity contribution in [2.45, 2.75) is 33.3 Å². The summed E-state index contributed by atoms with van der Waals surface area (Å²) in [6, 6.07) is 6.78. The number of urea groups is 1. The van der Waals surface area contributed by atoms with E-state index in [1.54, 1.807) is 6.92 Å². The number of anilines is 1. The number of hydrogen-bond donors (Lipinski definition) is 2. The number of aryl methyl sites for hydroxylation is 1. The topological polar surface area (TPSA) is 105 Å². The van der Waals surface area contributed by atoms with Gasteiger partial charge in [0.15, 0.2) is 6.10 Å². The van der Waals surface area contributed by atoms with Crippen LogP contribution in [-0.4, -0.2) is 43.0 Å². The fraction of sp³-hybridized carbons (Fsp3) is 0.444. The normalized spacial score (nSPS) is 17.6. The quantitative estimate of drug-likeness (QED) is 0.765. The van der Waals surface area contributed by atoms with Gasteiger partial charge in [0.1, 0.15) is 0 Å². The zero-order valence-corrected chi connectivity index (χ0v) is 15.1. The average molecular weight is 361 g/mol. The van der Waals surface area contributed by atoms with Crippen LogP contribution in [0.1, 0.15) is 25.8 Å². The molecule has 2 N–H and O–H groups in total. The van der Waals surface area contributed by atoms with Gasteiger partial charge in [-0.15, -0.1) is 0 Å². The second-order valence-electron chi connectivity index (χ2n) is 6.17. The van der Waals surface area contributed by atoms with Gasteiger partial charge in [-0.25, -0.2) is 4.79 Å². The third-order valence-electron chi connectivity index (χ3n) is 4.04. The van der Waals surface area contributed by atoms with E-state index in [0.717, 1.165) is 11.3 Å². The van der Waals surface area contributed by atoms with Crippen LogP contribution < -0.4 is 15.5 Å². The first kappa shape index (κ1) is 19.4. The summed E-state index contributed by atoms with van der Waals surface area (Å²) in [7, 11) is 0. The Morgan fingerprint density at radius 3 is 2.54 bits per heavy atom. The van der Waals surface area contributed by atoms with E-state index in [9.17, 15) is 19.2 Å². The SMILES string of the molecule is CCNC(=O)NC(=O)[C@H](C)OC(=O)[C@@H]1CC(=O)N(c2ccc(C)cc2)C1. The summed E-state index contributed by atoms with van der Waals surface area (Å²) in [5.41, 5.74) is 1.79. The second kappa shape index (κ2) is 8.46. The fourth-order valence-corrected chi connectivity index (χ4v) is 2.58. The Bertz CT molecular complexity index is 701. The van der Waals surface area contributed by atoms with Crippen LogP contribution in [0.15, 0.2) is 24.3 Å². The Kier molecular flexibility index (Phi) is 6.32. The van der Waals surface area contributed by atoms with Crippen molar-refractivity contribution in [3.05, 3.63) is 29.8 Å². The molecular weight excluding hydrogens is 338 g/mol. The van der Waals surface area contributed by atoms with Gasteiger partial charge in [0.05, 0.1) is 5.92 Å². The minimum atomic E-state index is -1.13. The smallest absolute Gasteiger partial charge is 0.321 e. The van der Waals surface area contributed by atoms with Gasteiger partial charge in [-0.2, -0.15) is 0 Å². The molecule has 1 heterocycles. The first-order valence-electron chi connectivity index (χ1n) is 8.48. The van der Waals surface area contributed by atoms with Crippen molar-refractivity contribution in [2.75, 3.05) is 18.0 Å². The number of nitrogens with zero attached hydrogens (tertiary/aromatic N) is 1. The molecule has 0 aromatic heterocycles. The van der Waals surface area contributed by atoms with Gasteiger partial charge in [0.25, 0.3) is 5.91 Å². The first-order valence-corrected chi connectivity index (χ1v) is 8.48. The fourth-order valence-electron chi connectivity index (χ4n) is 2.58. The van der Waals surface area contributed by atoms with Crippen LogP contribution in [0.4, 0.5) is 10.5 Å².